The van der Waals surface area contributed by atoms with Gasteiger partial charge in [0.1, 0.15) is 5.75 Å². The van der Waals surface area contributed by atoms with Crippen LogP contribution in [0.4, 0.5) is 11.4 Å². The normalized spacial score (nSPS) is 15.1. The Hall–Kier alpha value is -2.86. The van der Waals surface area contributed by atoms with Crippen LogP contribution < -0.4 is 15.4 Å². The molecule has 28 heavy (non-hydrogen) atoms. The summed E-state index contributed by atoms with van der Waals surface area (Å²) in [5.41, 5.74) is 2.36. The molecule has 6 nitrogen and oxygen atoms in total. The van der Waals surface area contributed by atoms with Crippen molar-refractivity contribution in [3.8, 4) is 5.75 Å². The summed E-state index contributed by atoms with van der Waals surface area (Å²) in [6.45, 7) is 3.63. The molecule has 1 aliphatic heterocycles. The molecule has 0 unspecified atom stereocenters. The number of anilines is 2. The number of ether oxygens (including phenoxy) is 1. The first-order valence-electron chi connectivity index (χ1n) is 9.58. The molecule has 2 aromatic rings. The minimum atomic E-state index is -0.0355. The number of carbonyl (C=O) groups is 2. The van der Waals surface area contributed by atoms with Crippen LogP contribution >= 0.6 is 0 Å². The Kier molecular flexibility index (Phi) is 6.66. The molecule has 0 bridgehead atoms. The number of likely N-dealkylation sites (tertiary alicyclic amines) is 1. The van der Waals surface area contributed by atoms with Gasteiger partial charge in [0.05, 0.1) is 19.3 Å². The molecule has 0 spiro atoms. The summed E-state index contributed by atoms with van der Waals surface area (Å²) < 4.78 is 5.39. The van der Waals surface area contributed by atoms with Crippen LogP contribution in [-0.4, -0.2) is 49.4 Å². The van der Waals surface area contributed by atoms with E-state index in [4.69, 9.17) is 4.74 Å². The lowest BCUT2D eigenvalue weighted by Crippen LogP contribution is -2.42. The van der Waals surface area contributed by atoms with Gasteiger partial charge in [-0.15, -0.1) is 0 Å². The van der Waals surface area contributed by atoms with Crippen molar-refractivity contribution in [2.45, 2.75) is 25.8 Å². The second-order valence-corrected chi connectivity index (χ2v) is 7.08. The number of nitrogens with one attached hydrogen (secondary N) is 2. The van der Waals surface area contributed by atoms with Crippen molar-refractivity contribution < 1.29 is 14.3 Å². The minimum Gasteiger partial charge on any atom is -0.495 e. The van der Waals surface area contributed by atoms with E-state index in [1.54, 1.807) is 31.4 Å². The summed E-state index contributed by atoms with van der Waals surface area (Å²) >= 11 is 0. The van der Waals surface area contributed by atoms with Gasteiger partial charge >= 0.3 is 0 Å². The van der Waals surface area contributed by atoms with Crippen LogP contribution in [0.1, 0.15) is 30.1 Å². The average molecular weight is 381 g/mol. The van der Waals surface area contributed by atoms with E-state index in [2.05, 4.69) is 15.5 Å². The Bertz CT molecular complexity index is 812. The number of para-hydroxylation sites is 2. The first-order valence-corrected chi connectivity index (χ1v) is 9.58. The number of benzene rings is 2. The van der Waals surface area contributed by atoms with Crippen molar-refractivity contribution in [3.05, 3.63) is 54.1 Å². The highest BCUT2D eigenvalue weighted by Crippen LogP contribution is 2.26. The minimum absolute atomic E-state index is 0.0162. The average Bonchev–Trinajstić information content (AvgIpc) is 2.70. The fraction of sp³-hybridized carbons (Fsp3) is 0.364. The summed E-state index contributed by atoms with van der Waals surface area (Å²) in [4.78, 5) is 25.8. The van der Waals surface area contributed by atoms with E-state index in [0.29, 0.717) is 23.8 Å². The number of nitrogens with zero attached hydrogens (tertiary/aromatic N) is 1. The van der Waals surface area contributed by atoms with Gasteiger partial charge in [0.25, 0.3) is 0 Å². The highest BCUT2D eigenvalue weighted by molar-refractivity contribution is 5.96. The number of methoxy groups -OCH3 is 1. The monoisotopic (exact) mass is 381 g/mol. The molecule has 3 rings (SSSR count). The fourth-order valence-corrected chi connectivity index (χ4v) is 3.41. The maximum atomic E-state index is 12.3. The van der Waals surface area contributed by atoms with Crippen molar-refractivity contribution in [1.29, 1.82) is 0 Å². The number of piperidine rings is 1. The Morgan fingerprint density at radius 2 is 1.75 bits per heavy atom. The topological polar surface area (TPSA) is 70.7 Å². The van der Waals surface area contributed by atoms with E-state index in [1.165, 1.54) is 6.92 Å². The van der Waals surface area contributed by atoms with E-state index >= 15 is 0 Å². The first-order chi connectivity index (χ1) is 13.5. The van der Waals surface area contributed by atoms with E-state index in [0.717, 1.165) is 37.4 Å². The quantitative estimate of drug-likeness (QED) is 0.719. The summed E-state index contributed by atoms with van der Waals surface area (Å²) in [7, 11) is 1.68. The second-order valence-electron chi connectivity index (χ2n) is 7.08. The smallest absolute Gasteiger partial charge is 0.238 e. The summed E-state index contributed by atoms with van der Waals surface area (Å²) in [6, 6.07) is 15.3. The Morgan fingerprint density at radius 3 is 2.39 bits per heavy atom. The number of hydrogen-bond acceptors (Lipinski definition) is 5. The molecule has 2 aromatic carbocycles. The predicted octanol–water partition coefficient (Wildman–Crippen LogP) is 3.41. The van der Waals surface area contributed by atoms with Crippen molar-refractivity contribution in [3.63, 3.8) is 0 Å². The zero-order valence-corrected chi connectivity index (χ0v) is 16.4. The molecule has 1 fully saturated rings. The molecule has 0 radical (unpaired) electrons. The van der Waals surface area contributed by atoms with E-state index < -0.39 is 0 Å². The molecule has 1 aliphatic rings. The lowest BCUT2D eigenvalue weighted by Gasteiger charge is -2.32. The molecule has 1 amide bonds. The molecule has 148 valence electrons. The van der Waals surface area contributed by atoms with Crippen LogP contribution in [0, 0.1) is 0 Å². The van der Waals surface area contributed by atoms with E-state index in [9.17, 15) is 9.59 Å². The number of Topliss-reactive ketones (excluding diaryl/α,β-unsaturated/α-hetero) is 1. The predicted molar refractivity (Wildman–Crippen MR) is 111 cm³/mol. The van der Waals surface area contributed by atoms with Crippen LogP contribution in [0.2, 0.25) is 0 Å². The number of carbonyl (C=O) groups excluding carboxylic acids is 2. The highest BCUT2D eigenvalue weighted by Gasteiger charge is 2.21. The highest BCUT2D eigenvalue weighted by atomic mass is 16.5. The van der Waals surface area contributed by atoms with Gasteiger partial charge in [-0.1, -0.05) is 12.1 Å². The zero-order chi connectivity index (χ0) is 19.9. The van der Waals surface area contributed by atoms with E-state index in [1.807, 2.05) is 24.3 Å². The Morgan fingerprint density at radius 1 is 1.07 bits per heavy atom. The van der Waals surface area contributed by atoms with Crippen molar-refractivity contribution in [1.82, 2.24) is 4.90 Å². The van der Waals surface area contributed by atoms with Gasteiger partial charge in [-0.2, -0.15) is 0 Å². The molecule has 0 aliphatic carbocycles. The Balaban J connectivity index is 1.44. The van der Waals surface area contributed by atoms with Crippen LogP contribution in [0.5, 0.6) is 5.75 Å². The SMILES string of the molecule is COc1ccccc1NC1CCN(CC(=O)Nc2ccc(C(C)=O)cc2)CC1. The molecule has 6 heteroatoms. The standard InChI is InChI=1S/C22H27N3O3/c1-16(26)17-7-9-18(10-8-17)24-22(27)15-25-13-11-19(12-14-25)23-20-5-3-4-6-21(20)28-2/h3-10,19,23H,11-15H2,1-2H3,(H,24,27). The van der Waals surface area contributed by atoms with Gasteiger partial charge in [-0.25, -0.2) is 0 Å². The molecular formula is C22H27N3O3. The maximum Gasteiger partial charge on any atom is 0.238 e. The van der Waals surface area contributed by atoms with Crippen LogP contribution in [0.15, 0.2) is 48.5 Å². The molecule has 0 atom stereocenters. The van der Waals surface area contributed by atoms with Gasteiger partial charge in [-0.3, -0.25) is 14.5 Å². The summed E-state index contributed by atoms with van der Waals surface area (Å²) in [5.74, 6) is 0.828. The molecular weight excluding hydrogens is 354 g/mol. The Labute approximate surface area is 165 Å². The van der Waals surface area contributed by atoms with Crippen molar-refractivity contribution in [2.75, 3.05) is 37.4 Å². The maximum absolute atomic E-state index is 12.3. The van der Waals surface area contributed by atoms with Gasteiger partial charge in [0.2, 0.25) is 5.91 Å². The lowest BCUT2D eigenvalue weighted by atomic mass is 10.0. The fourth-order valence-electron chi connectivity index (χ4n) is 3.41. The van der Waals surface area contributed by atoms with Crippen molar-refractivity contribution in [2.24, 2.45) is 0 Å². The number of hydrogen-bond donors (Lipinski definition) is 2. The largest absolute Gasteiger partial charge is 0.495 e. The number of rotatable bonds is 7. The van der Waals surface area contributed by atoms with E-state index in [-0.39, 0.29) is 11.7 Å². The number of amides is 1. The third kappa shape index (κ3) is 5.33. The zero-order valence-electron chi connectivity index (χ0n) is 16.4. The van der Waals surface area contributed by atoms with Crippen LogP contribution in [-0.2, 0) is 4.79 Å². The van der Waals surface area contributed by atoms with Gasteiger partial charge in [0, 0.05) is 30.4 Å². The molecule has 0 aromatic heterocycles. The second kappa shape index (κ2) is 9.37. The molecule has 0 saturated carbocycles. The molecule has 1 saturated heterocycles. The third-order valence-corrected chi connectivity index (χ3v) is 5.00. The van der Waals surface area contributed by atoms with Gasteiger partial charge in [-0.05, 0) is 56.2 Å². The lowest BCUT2D eigenvalue weighted by molar-refractivity contribution is -0.117. The van der Waals surface area contributed by atoms with Gasteiger partial charge < -0.3 is 15.4 Å². The van der Waals surface area contributed by atoms with Gasteiger partial charge in [0.15, 0.2) is 5.78 Å². The molecule has 2 N–H and O–H groups in total. The number of ketones is 1. The molecule has 1 heterocycles. The van der Waals surface area contributed by atoms with Crippen LogP contribution in [0.3, 0.4) is 0 Å². The summed E-state index contributed by atoms with van der Waals surface area (Å²) in [6.07, 6.45) is 1.94. The van der Waals surface area contributed by atoms with Crippen LogP contribution in [0.25, 0.3) is 0 Å². The van der Waals surface area contributed by atoms with Crippen molar-refractivity contribution >= 4 is 23.1 Å². The first kappa shape index (κ1) is 19.9. The third-order valence-electron chi connectivity index (χ3n) is 5.00. The summed E-state index contributed by atoms with van der Waals surface area (Å²) in [5, 5.41) is 6.45.